The van der Waals surface area contributed by atoms with E-state index in [1.54, 1.807) is 37.3 Å². The lowest BCUT2D eigenvalue weighted by molar-refractivity contribution is 0.388. The first kappa shape index (κ1) is 24.5. The summed E-state index contributed by atoms with van der Waals surface area (Å²) in [4.78, 5) is 17.0. The number of nitrogens with zero attached hydrogens (tertiary/aromatic N) is 2. The maximum atomic E-state index is 13.8. The van der Waals surface area contributed by atoms with Crippen molar-refractivity contribution in [2.75, 3.05) is 7.11 Å². The molecule has 3 heterocycles. The third kappa shape index (κ3) is 3.85. The van der Waals surface area contributed by atoms with Gasteiger partial charge in [0.05, 0.1) is 24.0 Å². The number of rotatable bonds is 3. The SMILES string of the molecule is C.COc1ccc(C2C(C#N)=C(N)Oc3c2c(=O)oc2ccc(C)cc32)cc1-c1cnc(F)c(C)c1. The van der Waals surface area contributed by atoms with Crippen LogP contribution >= 0.6 is 0 Å². The van der Waals surface area contributed by atoms with Gasteiger partial charge in [-0.1, -0.05) is 25.1 Å². The van der Waals surface area contributed by atoms with Gasteiger partial charge in [-0.25, -0.2) is 9.78 Å². The number of methoxy groups -OCH3 is 1. The number of nitriles is 1. The van der Waals surface area contributed by atoms with Gasteiger partial charge >= 0.3 is 5.63 Å². The molecule has 1 aliphatic rings. The highest BCUT2D eigenvalue weighted by atomic mass is 19.1. The number of benzene rings is 2. The van der Waals surface area contributed by atoms with Crippen LogP contribution < -0.4 is 20.8 Å². The second-order valence-corrected chi connectivity index (χ2v) is 8.35. The minimum atomic E-state index is -0.843. The molecule has 1 aliphatic heterocycles. The maximum absolute atomic E-state index is 13.8. The number of nitrogens with two attached hydrogens (primary N) is 1. The van der Waals surface area contributed by atoms with Gasteiger partial charge in [-0.3, -0.25) is 0 Å². The van der Waals surface area contributed by atoms with Gasteiger partial charge in [0, 0.05) is 22.9 Å². The van der Waals surface area contributed by atoms with E-state index in [0.717, 1.165) is 5.56 Å². The van der Waals surface area contributed by atoms with E-state index in [1.807, 2.05) is 19.1 Å². The molecule has 1 atom stereocenters. The molecule has 0 bridgehead atoms. The minimum Gasteiger partial charge on any atom is -0.496 e. The monoisotopic (exact) mass is 485 g/mol. The van der Waals surface area contributed by atoms with Crippen LogP contribution in [0.5, 0.6) is 11.5 Å². The van der Waals surface area contributed by atoms with Gasteiger partial charge in [-0.15, -0.1) is 0 Å². The zero-order chi connectivity index (χ0) is 24.9. The fraction of sp³-hybridized carbons (Fsp3) is 0.179. The minimum absolute atomic E-state index is 0. The molecule has 1 unspecified atom stereocenters. The normalized spacial score (nSPS) is 14.5. The van der Waals surface area contributed by atoms with E-state index in [0.29, 0.717) is 39.0 Å². The zero-order valence-electron chi connectivity index (χ0n) is 19.2. The van der Waals surface area contributed by atoms with Crippen LogP contribution in [0.3, 0.4) is 0 Å². The van der Waals surface area contributed by atoms with Crippen molar-refractivity contribution in [2.24, 2.45) is 5.73 Å². The topological polar surface area (TPSA) is 111 Å². The molecule has 0 amide bonds. The molecule has 0 saturated carbocycles. The molecule has 4 aromatic rings. The van der Waals surface area contributed by atoms with Crippen LogP contribution in [0, 0.1) is 31.1 Å². The predicted molar refractivity (Wildman–Crippen MR) is 134 cm³/mol. The van der Waals surface area contributed by atoms with E-state index in [1.165, 1.54) is 13.3 Å². The van der Waals surface area contributed by atoms with Crippen molar-refractivity contribution in [3.8, 4) is 28.7 Å². The highest BCUT2D eigenvalue weighted by Crippen LogP contribution is 2.45. The Kier molecular flexibility index (Phi) is 6.25. The van der Waals surface area contributed by atoms with Crippen molar-refractivity contribution in [3.05, 3.63) is 98.7 Å². The Bertz CT molecular complexity index is 1650. The second-order valence-electron chi connectivity index (χ2n) is 8.35. The molecule has 2 aromatic heterocycles. The summed E-state index contributed by atoms with van der Waals surface area (Å²) >= 11 is 0. The average Bonchev–Trinajstić information content (AvgIpc) is 2.85. The summed E-state index contributed by atoms with van der Waals surface area (Å²) in [7, 11) is 1.52. The number of halogens is 1. The Hall–Kier alpha value is -4.64. The smallest absolute Gasteiger partial charge is 0.344 e. The Morgan fingerprint density at radius 2 is 1.94 bits per heavy atom. The van der Waals surface area contributed by atoms with Gasteiger partial charge in [-0.2, -0.15) is 9.65 Å². The maximum Gasteiger partial charge on any atom is 0.344 e. The van der Waals surface area contributed by atoms with Crippen LogP contribution in [0.15, 0.2) is 69.3 Å². The molecule has 182 valence electrons. The molecule has 0 radical (unpaired) electrons. The summed E-state index contributed by atoms with van der Waals surface area (Å²) in [5.74, 6) is -0.716. The van der Waals surface area contributed by atoms with Crippen LogP contribution in [0.1, 0.15) is 35.6 Å². The quantitative estimate of drug-likeness (QED) is 0.302. The summed E-state index contributed by atoms with van der Waals surface area (Å²) in [5.41, 5.74) is 9.30. The van der Waals surface area contributed by atoms with Gasteiger partial charge in [-0.05, 0) is 49.7 Å². The number of ether oxygens (including phenoxy) is 2. The first-order valence-electron chi connectivity index (χ1n) is 10.8. The second kappa shape index (κ2) is 9.19. The van der Waals surface area contributed by atoms with Gasteiger partial charge in [0.2, 0.25) is 11.8 Å². The van der Waals surface area contributed by atoms with Gasteiger partial charge in [0.15, 0.2) is 5.75 Å². The molecule has 0 aliphatic carbocycles. The number of allylic oxidation sites excluding steroid dienone is 1. The van der Waals surface area contributed by atoms with Crippen molar-refractivity contribution < 1.29 is 18.3 Å². The van der Waals surface area contributed by atoms with Crippen molar-refractivity contribution in [3.63, 3.8) is 0 Å². The van der Waals surface area contributed by atoms with Crippen molar-refractivity contribution in [1.82, 2.24) is 4.98 Å². The van der Waals surface area contributed by atoms with Gasteiger partial charge < -0.3 is 19.6 Å². The largest absolute Gasteiger partial charge is 0.496 e. The van der Waals surface area contributed by atoms with Gasteiger partial charge in [0.1, 0.15) is 23.0 Å². The summed E-state index contributed by atoms with van der Waals surface area (Å²) in [5, 5.41) is 10.5. The number of hydrogen-bond donors (Lipinski definition) is 1. The molecule has 8 heteroatoms. The van der Waals surface area contributed by atoms with Crippen LogP contribution in [0.4, 0.5) is 4.39 Å². The first-order chi connectivity index (χ1) is 16.8. The highest BCUT2D eigenvalue weighted by Gasteiger charge is 2.36. The summed E-state index contributed by atoms with van der Waals surface area (Å²) in [6, 6.07) is 14.3. The molecule has 7 nitrogen and oxygen atoms in total. The third-order valence-corrected chi connectivity index (χ3v) is 6.10. The van der Waals surface area contributed by atoms with E-state index in [9.17, 15) is 14.4 Å². The number of hydrogen-bond acceptors (Lipinski definition) is 7. The molecule has 36 heavy (non-hydrogen) atoms. The summed E-state index contributed by atoms with van der Waals surface area (Å²) in [6.07, 6.45) is 1.40. The van der Waals surface area contributed by atoms with Crippen LogP contribution in [-0.4, -0.2) is 12.1 Å². The summed E-state index contributed by atoms with van der Waals surface area (Å²) < 4.78 is 30.8. The van der Waals surface area contributed by atoms with E-state index >= 15 is 0 Å². The lowest BCUT2D eigenvalue weighted by atomic mass is 9.82. The van der Waals surface area contributed by atoms with E-state index < -0.39 is 17.5 Å². The molecule has 0 spiro atoms. The fourth-order valence-electron chi connectivity index (χ4n) is 4.40. The third-order valence-electron chi connectivity index (χ3n) is 6.10. The number of aryl methyl sites for hydroxylation is 2. The van der Waals surface area contributed by atoms with E-state index in [4.69, 9.17) is 19.6 Å². The number of fused-ring (bicyclic) bond motifs is 3. The molecule has 2 aromatic carbocycles. The number of pyridine rings is 1. The highest BCUT2D eigenvalue weighted by molar-refractivity contribution is 5.87. The average molecular weight is 486 g/mol. The Morgan fingerprint density at radius 3 is 2.64 bits per heavy atom. The Balaban J connectivity index is 0.00000304. The first-order valence-corrected chi connectivity index (χ1v) is 10.8. The lowest BCUT2D eigenvalue weighted by Crippen LogP contribution is -2.26. The molecule has 2 N–H and O–H groups in total. The standard InChI is InChI=1S/C27H20FN3O4.CH4/c1-13-4-6-21-18(8-13)24-23(27(32)34-21)22(19(11-29)26(30)35-24)15-5-7-20(33-3)17(10-15)16-9-14(2)25(28)31-12-16;/h4-10,12,22H,30H2,1-3H3;1H4. The van der Waals surface area contributed by atoms with Crippen molar-refractivity contribution in [2.45, 2.75) is 27.2 Å². The molecular formula is C28H24FN3O4. The molecule has 5 rings (SSSR count). The van der Waals surface area contributed by atoms with Crippen molar-refractivity contribution in [1.29, 1.82) is 5.26 Å². The van der Waals surface area contributed by atoms with Crippen LogP contribution in [-0.2, 0) is 0 Å². The Morgan fingerprint density at radius 1 is 1.17 bits per heavy atom. The Labute approximate surface area is 207 Å². The molecule has 0 saturated heterocycles. The van der Waals surface area contributed by atoms with E-state index in [2.05, 4.69) is 11.1 Å². The van der Waals surface area contributed by atoms with Crippen LogP contribution in [0.25, 0.3) is 22.1 Å². The van der Waals surface area contributed by atoms with E-state index in [-0.39, 0.29) is 30.2 Å². The fourth-order valence-corrected chi connectivity index (χ4v) is 4.40. The zero-order valence-corrected chi connectivity index (χ0v) is 19.2. The van der Waals surface area contributed by atoms with Crippen LogP contribution in [0.2, 0.25) is 0 Å². The number of aromatic nitrogens is 1. The lowest BCUT2D eigenvalue weighted by Gasteiger charge is -2.26. The van der Waals surface area contributed by atoms with Crippen molar-refractivity contribution >= 4 is 11.0 Å². The van der Waals surface area contributed by atoms with Gasteiger partial charge in [0.25, 0.3) is 0 Å². The molecule has 0 fully saturated rings. The predicted octanol–water partition coefficient (Wildman–Crippen LogP) is 5.47. The summed E-state index contributed by atoms with van der Waals surface area (Å²) in [6.45, 7) is 3.53. The molecular weight excluding hydrogens is 461 g/mol.